The fraction of sp³-hybridized carbons (Fsp3) is 0.562. The van der Waals surface area contributed by atoms with Crippen LogP contribution >= 0.6 is 23.1 Å². The highest BCUT2D eigenvalue weighted by molar-refractivity contribution is 8.01. The van der Waals surface area contributed by atoms with Crippen LogP contribution in [-0.2, 0) is 0 Å². The number of nitrogens with one attached hydrogen (secondary N) is 1. The van der Waals surface area contributed by atoms with Crippen LogP contribution in [0.15, 0.2) is 28.6 Å². The average molecular weight is 307 g/mol. The summed E-state index contributed by atoms with van der Waals surface area (Å²) in [4.78, 5) is 4.77. The number of para-hydroxylation sites is 1. The molecule has 4 heteroatoms. The summed E-state index contributed by atoms with van der Waals surface area (Å²) in [5.74, 6) is 0. The van der Waals surface area contributed by atoms with Crippen molar-refractivity contribution in [3.05, 3.63) is 24.3 Å². The van der Waals surface area contributed by atoms with Crippen LogP contribution in [0, 0.1) is 5.41 Å². The van der Waals surface area contributed by atoms with Crippen LogP contribution in [-0.4, -0.2) is 22.8 Å². The van der Waals surface area contributed by atoms with Gasteiger partial charge in [0.15, 0.2) is 4.34 Å². The summed E-state index contributed by atoms with van der Waals surface area (Å²) in [5.41, 5.74) is 1.53. The first-order valence-corrected chi connectivity index (χ1v) is 9.05. The van der Waals surface area contributed by atoms with Crippen molar-refractivity contribution in [3.63, 3.8) is 0 Å². The Labute approximate surface area is 129 Å². The molecule has 1 saturated carbocycles. The van der Waals surface area contributed by atoms with E-state index in [2.05, 4.69) is 50.4 Å². The molecule has 108 valence electrons. The molecule has 1 fully saturated rings. The fourth-order valence-electron chi connectivity index (χ4n) is 3.13. The van der Waals surface area contributed by atoms with Crippen LogP contribution in [0.3, 0.4) is 0 Å². The molecule has 2 unspecified atom stereocenters. The third kappa shape index (κ3) is 2.74. The SMILES string of the molecule is CCNC1C(Sc2nc3ccccc3s2)CCC1(C)C. The van der Waals surface area contributed by atoms with Crippen molar-refractivity contribution < 1.29 is 0 Å². The minimum Gasteiger partial charge on any atom is -0.313 e. The van der Waals surface area contributed by atoms with Gasteiger partial charge >= 0.3 is 0 Å². The number of nitrogens with zero attached hydrogens (tertiary/aromatic N) is 1. The van der Waals surface area contributed by atoms with E-state index in [1.807, 2.05) is 23.1 Å². The van der Waals surface area contributed by atoms with Gasteiger partial charge in [-0.25, -0.2) is 4.98 Å². The lowest BCUT2D eigenvalue weighted by Crippen LogP contribution is -2.43. The van der Waals surface area contributed by atoms with Crippen LogP contribution in [0.1, 0.15) is 33.6 Å². The molecular weight excluding hydrogens is 284 g/mol. The quantitative estimate of drug-likeness (QED) is 0.896. The maximum absolute atomic E-state index is 4.77. The summed E-state index contributed by atoms with van der Waals surface area (Å²) >= 11 is 3.80. The number of fused-ring (bicyclic) bond motifs is 1. The van der Waals surface area contributed by atoms with Crippen molar-refractivity contribution in [2.24, 2.45) is 5.41 Å². The molecule has 0 spiro atoms. The van der Waals surface area contributed by atoms with E-state index in [1.54, 1.807) is 0 Å². The predicted octanol–water partition coefficient (Wildman–Crippen LogP) is 4.56. The van der Waals surface area contributed by atoms with Gasteiger partial charge in [0.25, 0.3) is 0 Å². The van der Waals surface area contributed by atoms with Crippen molar-refractivity contribution >= 4 is 33.3 Å². The fourth-order valence-corrected chi connectivity index (χ4v) is 5.90. The monoisotopic (exact) mass is 306 g/mol. The number of hydrogen-bond acceptors (Lipinski definition) is 4. The molecule has 0 amide bonds. The Balaban J connectivity index is 1.79. The Morgan fingerprint density at radius 3 is 2.95 bits per heavy atom. The molecule has 0 aliphatic heterocycles. The third-order valence-corrected chi connectivity index (χ3v) is 6.71. The van der Waals surface area contributed by atoms with Gasteiger partial charge in [0.05, 0.1) is 10.2 Å². The van der Waals surface area contributed by atoms with Gasteiger partial charge in [0, 0.05) is 11.3 Å². The first kappa shape index (κ1) is 14.4. The first-order valence-electron chi connectivity index (χ1n) is 7.36. The highest BCUT2D eigenvalue weighted by Crippen LogP contribution is 2.46. The zero-order valence-corrected chi connectivity index (χ0v) is 14.0. The molecule has 3 rings (SSSR count). The lowest BCUT2D eigenvalue weighted by Gasteiger charge is -2.30. The molecule has 1 aromatic heterocycles. The molecule has 1 heterocycles. The van der Waals surface area contributed by atoms with Crippen LogP contribution in [0.4, 0.5) is 0 Å². The molecule has 20 heavy (non-hydrogen) atoms. The summed E-state index contributed by atoms with van der Waals surface area (Å²) in [6.45, 7) is 8.03. The summed E-state index contributed by atoms with van der Waals surface area (Å²) < 4.78 is 2.52. The predicted molar refractivity (Wildman–Crippen MR) is 89.7 cm³/mol. The van der Waals surface area contributed by atoms with E-state index in [1.165, 1.54) is 21.9 Å². The lowest BCUT2D eigenvalue weighted by molar-refractivity contribution is 0.290. The van der Waals surface area contributed by atoms with E-state index in [4.69, 9.17) is 4.98 Å². The first-order chi connectivity index (χ1) is 9.60. The Morgan fingerprint density at radius 1 is 1.40 bits per heavy atom. The van der Waals surface area contributed by atoms with Crippen LogP contribution in [0.2, 0.25) is 0 Å². The molecule has 0 radical (unpaired) electrons. The minimum absolute atomic E-state index is 0.393. The standard InChI is InChI=1S/C16H22N2S2/c1-4-17-14-13(9-10-16(14,2)3)20-15-18-11-7-5-6-8-12(11)19-15/h5-8,13-14,17H,4,9-10H2,1-3H3. The molecule has 1 aromatic carbocycles. The summed E-state index contributed by atoms with van der Waals surface area (Å²) in [7, 11) is 0. The van der Waals surface area contributed by atoms with Crippen LogP contribution in [0.5, 0.6) is 0 Å². The smallest absolute Gasteiger partial charge is 0.151 e. The number of aromatic nitrogens is 1. The van der Waals surface area contributed by atoms with Crippen LogP contribution in [0.25, 0.3) is 10.2 Å². The van der Waals surface area contributed by atoms with Gasteiger partial charge < -0.3 is 5.32 Å². The second-order valence-electron chi connectivity index (χ2n) is 6.17. The van der Waals surface area contributed by atoms with Gasteiger partial charge in [-0.15, -0.1) is 11.3 Å². The molecular formula is C16H22N2S2. The van der Waals surface area contributed by atoms with E-state index in [-0.39, 0.29) is 0 Å². The van der Waals surface area contributed by atoms with Gasteiger partial charge in [0.2, 0.25) is 0 Å². The maximum Gasteiger partial charge on any atom is 0.151 e. The molecule has 2 atom stereocenters. The van der Waals surface area contributed by atoms with Crippen molar-refractivity contribution in [2.75, 3.05) is 6.54 Å². The minimum atomic E-state index is 0.393. The number of thiazole rings is 1. The third-order valence-electron chi connectivity index (χ3n) is 4.24. The van der Waals surface area contributed by atoms with Crippen molar-refractivity contribution in [1.82, 2.24) is 10.3 Å². The zero-order valence-electron chi connectivity index (χ0n) is 12.3. The van der Waals surface area contributed by atoms with Gasteiger partial charge in [-0.1, -0.05) is 44.7 Å². The Kier molecular flexibility index (Phi) is 4.07. The maximum atomic E-state index is 4.77. The lowest BCUT2D eigenvalue weighted by atomic mass is 9.87. The molecule has 1 aliphatic rings. The second kappa shape index (κ2) is 5.66. The largest absolute Gasteiger partial charge is 0.313 e. The summed E-state index contributed by atoms with van der Waals surface area (Å²) in [6, 6.07) is 9.02. The van der Waals surface area contributed by atoms with Crippen LogP contribution < -0.4 is 5.32 Å². The number of thioether (sulfide) groups is 1. The van der Waals surface area contributed by atoms with Gasteiger partial charge in [0.1, 0.15) is 0 Å². The van der Waals surface area contributed by atoms with Crippen molar-refractivity contribution in [1.29, 1.82) is 0 Å². The van der Waals surface area contributed by atoms with Gasteiger partial charge in [-0.05, 0) is 36.9 Å². The molecule has 0 bridgehead atoms. The molecule has 0 saturated heterocycles. The van der Waals surface area contributed by atoms with Crippen molar-refractivity contribution in [3.8, 4) is 0 Å². The normalized spacial score (nSPS) is 25.4. The Hall–Kier alpha value is -0.580. The second-order valence-corrected chi connectivity index (χ2v) is 8.68. The zero-order chi connectivity index (χ0) is 14.2. The van der Waals surface area contributed by atoms with E-state index >= 15 is 0 Å². The molecule has 1 aliphatic carbocycles. The Morgan fingerprint density at radius 2 is 2.20 bits per heavy atom. The molecule has 2 aromatic rings. The number of rotatable bonds is 4. The van der Waals surface area contributed by atoms with E-state index in [0.29, 0.717) is 16.7 Å². The highest BCUT2D eigenvalue weighted by Gasteiger charge is 2.42. The topological polar surface area (TPSA) is 24.9 Å². The summed E-state index contributed by atoms with van der Waals surface area (Å²) in [5, 5.41) is 4.34. The van der Waals surface area contributed by atoms with E-state index in [9.17, 15) is 0 Å². The molecule has 1 N–H and O–H groups in total. The highest BCUT2D eigenvalue weighted by atomic mass is 32.2. The van der Waals surface area contributed by atoms with E-state index in [0.717, 1.165) is 12.1 Å². The number of hydrogen-bond donors (Lipinski definition) is 1. The van der Waals surface area contributed by atoms with Gasteiger partial charge in [-0.2, -0.15) is 0 Å². The van der Waals surface area contributed by atoms with Gasteiger partial charge in [-0.3, -0.25) is 0 Å². The Bertz CT molecular complexity index is 558. The van der Waals surface area contributed by atoms with E-state index < -0.39 is 0 Å². The summed E-state index contributed by atoms with van der Waals surface area (Å²) in [6.07, 6.45) is 2.58. The number of benzene rings is 1. The van der Waals surface area contributed by atoms with Crippen molar-refractivity contribution in [2.45, 2.75) is 49.2 Å². The molecule has 2 nitrogen and oxygen atoms in total. The average Bonchev–Trinajstić information content (AvgIpc) is 2.94.